The highest BCUT2D eigenvalue weighted by Gasteiger charge is 2.11. The average molecular weight is 263 g/mol. The van der Waals surface area contributed by atoms with E-state index >= 15 is 0 Å². The van der Waals surface area contributed by atoms with Gasteiger partial charge in [0.2, 0.25) is 5.95 Å². The molecule has 2 heterocycles. The van der Waals surface area contributed by atoms with Gasteiger partial charge in [0.05, 0.1) is 16.6 Å². The Balaban J connectivity index is 2.12. The fourth-order valence-electron chi connectivity index (χ4n) is 2.35. The van der Waals surface area contributed by atoms with E-state index in [9.17, 15) is 5.26 Å². The molecule has 0 bridgehead atoms. The SMILES string of the molecule is Cn1c(N)nc2cc(Cc3cccnc3)cc(C#N)c21. The molecule has 0 aliphatic carbocycles. The van der Waals surface area contributed by atoms with Crippen molar-refractivity contribution >= 4 is 17.0 Å². The highest BCUT2D eigenvalue weighted by Crippen LogP contribution is 2.23. The maximum Gasteiger partial charge on any atom is 0.200 e. The second kappa shape index (κ2) is 4.67. The molecule has 0 radical (unpaired) electrons. The largest absolute Gasteiger partial charge is 0.369 e. The first-order chi connectivity index (χ1) is 9.69. The van der Waals surface area contributed by atoms with E-state index in [0.29, 0.717) is 11.5 Å². The number of pyridine rings is 1. The molecule has 0 atom stereocenters. The Morgan fingerprint density at radius 1 is 1.35 bits per heavy atom. The van der Waals surface area contributed by atoms with Crippen LogP contribution in [-0.2, 0) is 13.5 Å². The van der Waals surface area contributed by atoms with Crippen molar-refractivity contribution in [3.63, 3.8) is 0 Å². The Kier molecular flexibility index (Phi) is 2.84. The Hall–Kier alpha value is -2.87. The normalized spacial score (nSPS) is 10.6. The van der Waals surface area contributed by atoms with Crippen molar-refractivity contribution < 1.29 is 0 Å². The number of fused-ring (bicyclic) bond motifs is 1. The zero-order valence-corrected chi connectivity index (χ0v) is 11.0. The number of rotatable bonds is 2. The fraction of sp³-hybridized carbons (Fsp3) is 0.133. The van der Waals surface area contributed by atoms with Crippen LogP contribution in [0.25, 0.3) is 11.0 Å². The maximum atomic E-state index is 9.32. The Bertz CT molecular complexity index is 812. The summed E-state index contributed by atoms with van der Waals surface area (Å²) in [5, 5.41) is 9.32. The molecule has 2 N–H and O–H groups in total. The zero-order chi connectivity index (χ0) is 14.1. The summed E-state index contributed by atoms with van der Waals surface area (Å²) in [5.41, 5.74) is 10.1. The number of hydrogen-bond donors (Lipinski definition) is 1. The van der Waals surface area contributed by atoms with Crippen molar-refractivity contribution in [2.75, 3.05) is 5.73 Å². The summed E-state index contributed by atoms with van der Waals surface area (Å²) in [7, 11) is 1.81. The van der Waals surface area contributed by atoms with Crippen LogP contribution in [0, 0.1) is 11.3 Å². The molecule has 0 spiro atoms. The van der Waals surface area contributed by atoms with Gasteiger partial charge in [0.15, 0.2) is 0 Å². The van der Waals surface area contributed by atoms with Crippen LogP contribution in [0.15, 0.2) is 36.7 Å². The molecule has 0 saturated carbocycles. The molecule has 0 saturated heterocycles. The quantitative estimate of drug-likeness (QED) is 0.767. The first-order valence-electron chi connectivity index (χ1n) is 6.23. The van der Waals surface area contributed by atoms with Gasteiger partial charge in [-0.15, -0.1) is 0 Å². The third-order valence-corrected chi connectivity index (χ3v) is 3.32. The Morgan fingerprint density at radius 2 is 2.20 bits per heavy atom. The molecular weight excluding hydrogens is 250 g/mol. The lowest BCUT2D eigenvalue weighted by atomic mass is 10.0. The van der Waals surface area contributed by atoms with Crippen LogP contribution in [0.1, 0.15) is 16.7 Å². The van der Waals surface area contributed by atoms with Crippen LogP contribution < -0.4 is 5.73 Å². The lowest BCUT2D eigenvalue weighted by Crippen LogP contribution is -1.97. The van der Waals surface area contributed by atoms with Crippen LogP contribution in [0.4, 0.5) is 5.95 Å². The van der Waals surface area contributed by atoms with Crippen LogP contribution in [0.5, 0.6) is 0 Å². The second-order valence-electron chi connectivity index (χ2n) is 4.69. The molecule has 5 nitrogen and oxygen atoms in total. The van der Waals surface area contributed by atoms with Crippen LogP contribution in [0.3, 0.4) is 0 Å². The van der Waals surface area contributed by atoms with Crippen molar-refractivity contribution in [3.8, 4) is 6.07 Å². The molecular formula is C15H13N5. The zero-order valence-electron chi connectivity index (χ0n) is 11.0. The van der Waals surface area contributed by atoms with E-state index in [1.807, 2.05) is 37.5 Å². The van der Waals surface area contributed by atoms with Crippen molar-refractivity contribution in [1.82, 2.24) is 14.5 Å². The number of anilines is 1. The molecule has 2 aromatic heterocycles. The summed E-state index contributed by atoms with van der Waals surface area (Å²) in [6, 6.07) is 9.99. The summed E-state index contributed by atoms with van der Waals surface area (Å²) in [6.45, 7) is 0. The number of nitrogen functional groups attached to an aromatic ring is 1. The van der Waals surface area contributed by atoms with E-state index < -0.39 is 0 Å². The van der Waals surface area contributed by atoms with E-state index in [1.54, 1.807) is 10.8 Å². The third-order valence-electron chi connectivity index (χ3n) is 3.32. The van der Waals surface area contributed by atoms with Gasteiger partial charge in [0, 0.05) is 19.4 Å². The predicted octanol–water partition coefficient (Wildman–Crippen LogP) is 2.01. The van der Waals surface area contributed by atoms with E-state index in [4.69, 9.17) is 5.73 Å². The van der Waals surface area contributed by atoms with Gasteiger partial charge >= 0.3 is 0 Å². The molecule has 98 valence electrons. The lowest BCUT2D eigenvalue weighted by Gasteiger charge is -2.04. The smallest absolute Gasteiger partial charge is 0.200 e. The Labute approximate surface area is 116 Å². The van der Waals surface area contributed by atoms with Crippen LogP contribution in [-0.4, -0.2) is 14.5 Å². The maximum absolute atomic E-state index is 9.32. The van der Waals surface area contributed by atoms with Gasteiger partial charge in [-0.3, -0.25) is 4.98 Å². The van der Waals surface area contributed by atoms with Crippen LogP contribution >= 0.6 is 0 Å². The first-order valence-corrected chi connectivity index (χ1v) is 6.23. The highest BCUT2D eigenvalue weighted by molar-refractivity contribution is 5.85. The van der Waals surface area contributed by atoms with Crippen LogP contribution in [0.2, 0.25) is 0 Å². The average Bonchev–Trinajstić information content (AvgIpc) is 2.74. The number of aromatic nitrogens is 3. The minimum Gasteiger partial charge on any atom is -0.369 e. The fourth-order valence-corrected chi connectivity index (χ4v) is 2.35. The molecule has 0 fully saturated rings. The minimum atomic E-state index is 0.412. The third kappa shape index (κ3) is 1.97. The van der Waals surface area contributed by atoms with Gasteiger partial charge in [-0.05, 0) is 35.7 Å². The van der Waals surface area contributed by atoms with Gasteiger partial charge < -0.3 is 10.3 Å². The number of nitrogens with zero attached hydrogens (tertiary/aromatic N) is 4. The monoisotopic (exact) mass is 263 g/mol. The number of imidazole rings is 1. The summed E-state index contributed by atoms with van der Waals surface area (Å²) in [6.07, 6.45) is 4.28. The Morgan fingerprint density at radius 3 is 2.90 bits per heavy atom. The van der Waals surface area contributed by atoms with Gasteiger partial charge in [0.1, 0.15) is 6.07 Å². The van der Waals surface area contributed by atoms with Crippen molar-refractivity contribution in [1.29, 1.82) is 5.26 Å². The summed E-state index contributed by atoms with van der Waals surface area (Å²) < 4.78 is 1.74. The van der Waals surface area contributed by atoms with Crippen molar-refractivity contribution in [2.24, 2.45) is 7.05 Å². The summed E-state index contributed by atoms with van der Waals surface area (Å²) >= 11 is 0. The number of aryl methyl sites for hydroxylation is 1. The predicted molar refractivity (Wildman–Crippen MR) is 76.9 cm³/mol. The molecule has 0 aliphatic rings. The number of hydrogen-bond acceptors (Lipinski definition) is 4. The second-order valence-corrected chi connectivity index (χ2v) is 4.69. The molecule has 1 aromatic carbocycles. The standard InChI is InChI=1S/C15H13N5/c1-20-14-12(8-16)6-11(7-13(14)19-15(20)17)5-10-3-2-4-18-9-10/h2-4,6-7,9H,5H2,1H3,(H2,17,19). The topological polar surface area (TPSA) is 80.5 Å². The molecule has 0 amide bonds. The number of nitriles is 1. The molecule has 20 heavy (non-hydrogen) atoms. The van der Waals surface area contributed by atoms with Gasteiger partial charge in [-0.2, -0.15) is 5.26 Å². The van der Waals surface area contributed by atoms with Gasteiger partial charge in [0.25, 0.3) is 0 Å². The molecule has 3 aromatic rings. The van der Waals surface area contributed by atoms with E-state index in [2.05, 4.69) is 16.0 Å². The van der Waals surface area contributed by atoms with Crippen molar-refractivity contribution in [2.45, 2.75) is 6.42 Å². The van der Waals surface area contributed by atoms with Gasteiger partial charge in [-0.25, -0.2) is 4.98 Å². The molecule has 3 rings (SSSR count). The van der Waals surface area contributed by atoms with Gasteiger partial charge in [-0.1, -0.05) is 6.07 Å². The van der Waals surface area contributed by atoms with E-state index in [-0.39, 0.29) is 0 Å². The highest BCUT2D eigenvalue weighted by atomic mass is 15.1. The number of nitrogens with two attached hydrogens (primary N) is 1. The summed E-state index contributed by atoms with van der Waals surface area (Å²) in [4.78, 5) is 8.40. The first kappa shape index (κ1) is 12.2. The summed E-state index contributed by atoms with van der Waals surface area (Å²) in [5.74, 6) is 0.412. The van der Waals surface area contributed by atoms with Crippen molar-refractivity contribution in [3.05, 3.63) is 53.3 Å². The van der Waals surface area contributed by atoms with E-state index in [1.165, 1.54) is 0 Å². The molecule has 0 aliphatic heterocycles. The lowest BCUT2D eigenvalue weighted by molar-refractivity contribution is 0.963. The minimum absolute atomic E-state index is 0.412. The van der Waals surface area contributed by atoms with E-state index in [0.717, 1.165) is 28.6 Å². The molecule has 5 heteroatoms. The number of benzene rings is 1. The molecule has 0 unspecified atom stereocenters.